The molecule has 0 aliphatic carbocycles. The summed E-state index contributed by atoms with van der Waals surface area (Å²) in [5.41, 5.74) is 1.51. The fourth-order valence-electron chi connectivity index (χ4n) is 1.85. The Labute approximate surface area is 95.5 Å². The molecule has 0 saturated carbocycles. The number of aryl methyl sites for hydroxylation is 1. The molecule has 80 valence electrons. The van der Waals surface area contributed by atoms with Crippen molar-refractivity contribution in [1.82, 2.24) is 14.8 Å². The molecule has 0 aliphatic heterocycles. The molecule has 1 N–H and O–H groups in total. The predicted octanol–water partition coefficient (Wildman–Crippen LogP) is 2.07. The molecule has 4 nitrogen and oxygen atoms in total. The van der Waals surface area contributed by atoms with Crippen molar-refractivity contribution in [2.45, 2.75) is 0 Å². The fraction of sp³-hybridized carbons (Fsp3) is 0.0909. The number of pyridine rings is 1. The van der Waals surface area contributed by atoms with E-state index in [1.807, 2.05) is 6.07 Å². The van der Waals surface area contributed by atoms with Crippen LogP contribution in [0, 0.1) is 0 Å². The molecule has 2 aromatic heterocycles. The summed E-state index contributed by atoms with van der Waals surface area (Å²) in [6.07, 6.45) is 1.58. The SMILES string of the molecule is Cn1[nH]c2c(cnc3cc(Cl)ccc32)c1=O. The van der Waals surface area contributed by atoms with E-state index >= 15 is 0 Å². The van der Waals surface area contributed by atoms with Crippen LogP contribution in [0.2, 0.25) is 5.02 Å². The number of nitrogens with one attached hydrogen (secondary N) is 1. The first-order valence-electron chi connectivity index (χ1n) is 4.80. The van der Waals surface area contributed by atoms with Crippen LogP contribution >= 0.6 is 11.6 Å². The molecule has 0 aliphatic rings. The first-order chi connectivity index (χ1) is 7.66. The van der Waals surface area contributed by atoms with Crippen molar-refractivity contribution in [3.8, 4) is 0 Å². The van der Waals surface area contributed by atoms with E-state index in [2.05, 4.69) is 10.1 Å². The van der Waals surface area contributed by atoms with Crippen LogP contribution in [-0.4, -0.2) is 14.8 Å². The molecule has 0 atom stereocenters. The molecule has 0 amide bonds. The minimum absolute atomic E-state index is 0.0700. The van der Waals surface area contributed by atoms with Crippen molar-refractivity contribution in [1.29, 1.82) is 0 Å². The van der Waals surface area contributed by atoms with Gasteiger partial charge in [-0.05, 0) is 18.2 Å². The van der Waals surface area contributed by atoms with Gasteiger partial charge in [-0.2, -0.15) is 0 Å². The molecular weight excluding hydrogens is 226 g/mol. The lowest BCUT2D eigenvalue weighted by molar-refractivity contribution is 0.751. The average molecular weight is 234 g/mol. The van der Waals surface area contributed by atoms with E-state index in [4.69, 9.17) is 11.6 Å². The Kier molecular flexibility index (Phi) is 1.82. The molecule has 0 saturated heterocycles. The van der Waals surface area contributed by atoms with Crippen molar-refractivity contribution >= 4 is 33.4 Å². The molecular formula is C11H8ClN3O. The van der Waals surface area contributed by atoms with Crippen LogP contribution < -0.4 is 5.56 Å². The fourth-order valence-corrected chi connectivity index (χ4v) is 2.01. The summed E-state index contributed by atoms with van der Waals surface area (Å²) in [7, 11) is 1.68. The summed E-state index contributed by atoms with van der Waals surface area (Å²) in [6.45, 7) is 0. The van der Waals surface area contributed by atoms with Crippen molar-refractivity contribution in [2.24, 2.45) is 7.05 Å². The van der Waals surface area contributed by atoms with Gasteiger partial charge in [0.2, 0.25) is 0 Å². The number of hydrogen-bond donors (Lipinski definition) is 1. The predicted molar refractivity (Wildman–Crippen MR) is 63.9 cm³/mol. The Balaban J connectivity index is 2.59. The van der Waals surface area contributed by atoms with Gasteiger partial charge in [-0.25, -0.2) is 0 Å². The van der Waals surface area contributed by atoms with E-state index in [0.29, 0.717) is 10.4 Å². The van der Waals surface area contributed by atoms with E-state index in [9.17, 15) is 4.79 Å². The van der Waals surface area contributed by atoms with Gasteiger partial charge in [0.1, 0.15) is 0 Å². The lowest BCUT2D eigenvalue weighted by atomic mass is 10.2. The number of aromatic amines is 1. The lowest BCUT2D eigenvalue weighted by Gasteiger charge is -1.98. The highest BCUT2D eigenvalue weighted by atomic mass is 35.5. The van der Waals surface area contributed by atoms with E-state index < -0.39 is 0 Å². The second kappa shape index (κ2) is 3.09. The first kappa shape index (κ1) is 9.42. The molecule has 1 aromatic carbocycles. The normalized spacial score (nSPS) is 11.4. The Bertz CT molecular complexity index is 757. The third-order valence-corrected chi connectivity index (χ3v) is 2.88. The number of halogens is 1. The van der Waals surface area contributed by atoms with Gasteiger partial charge in [-0.3, -0.25) is 19.6 Å². The van der Waals surface area contributed by atoms with Crippen LogP contribution in [0.15, 0.2) is 29.2 Å². The van der Waals surface area contributed by atoms with Crippen LogP contribution in [0.5, 0.6) is 0 Å². The molecule has 0 spiro atoms. The minimum Gasteiger partial charge on any atom is -0.294 e. The summed E-state index contributed by atoms with van der Waals surface area (Å²) >= 11 is 5.89. The van der Waals surface area contributed by atoms with Crippen LogP contribution in [-0.2, 0) is 7.05 Å². The molecule has 2 heterocycles. The standard InChI is InChI=1S/C11H8ClN3O/c1-15-11(16)8-5-13-9-4-6(12)2-3-7(9)10(8)14-15/h2-5,14H,1H3. The molecule has 3 rings (SSSR count). The van der Waals surface area contributed by atoms with Gasteiger partial charge >= 0.3 is 0 Å². The first-order valence-corrected chi connectivity index (χ1v) is 5.17. The van der Waals surface area contributed by atoms with E-state index in [0.717, 1.165) is 16.4 Å². The number of nitrogens with zero attached hydrogens (tertiary/aromatic N) is 2. The Hall–Kier alpha value is -1.81. The van der Waals surface area contributed by atoms with Crippen LogP contribution in [0.4, 0.5) is 0 Å². The van der Waals surface area contributed by atoms with Gasteiger partial charge in [0.05, 0.1) is 16.4 Å². The van der Waals surface area contributed by atoms with Crippen molar-refractivity contribution in [2.75, 3.05) is 0 Å². The van der Waals surface area contributed by atoms with Crippen LogP contribution in [0.1, 0.15) is 0 Å². The third kappa shape index (κ3) is 1.17. The molecule has 0 unspecified atom stereocenters. The topological polar surface area (TPSA) is 50.7 Å². The van der Waals surface area contributed by atoms with E-state index in [1.54, 1.807) is 25.4 Å². The van der Waals surface area contributed by atoms with Crippen molar-refractivity contribution < 1.29 is 0 Å². The highest BCUT2D eigenvalue weighted by molar-refractivity contribution is 6.31. The zero-order valence-corrected chi connectivity index (χ0v) is 9.25. The van der Waals surface area contributed by atoms with Crippen molar-refractivity contribution in [3.63, 3.8) is 0 Å². The quantitative estimate of drug-likeness (QED) is 0.646. The van der Waals surface area contributed by atoms with Gasteiger partial charge in [0.15, 0.2) is 0 Å². The lowest BCUT2D eigenvalue weighted by Crippen LogP contribution is -2.11. The van der Waals surface area contributed by atoms with Gasteiger partial charge in [0.25, 0.3) is 5.56 Å². The van der Waals surface area contributed by atoms with Gasteiger partial charge in [-0.1, -0.05) is 11.6 Å². The summed E-state index contributed by atoms with van der Waals surface area (Å²) in [5, 5.41) is 5.14. The molecule has 0 bridgehead atoms. The molecule has 0 fully saturated rings. The molecule has 5 heteroatoms. The van der Waals surface area contributed by atoms with E-state index in [-0.39, 0.29) is 5.56 Å². The monoisotopic (exact) mass is 233 g/mol. The third-order valence-electron chi connectivity index (χ3n) is 2.65. The summed E-state index contributed by atoms with van der Waals surface area (Å²) in [4.78, 5) is 15.9. The Morgan fingerprint density at radius 2 is 2.19 bits per heavy atom. The minimum atomic E-state index is -0.0700. The number of rotatable bonds is 0. The molecule has 0 radical (unpaired) electrons. The number of hydrogen-bond acceptors (Lipinski definition) is 2. The average Bonchev–Trinajstić information content (AvgIpc) is 2.55. The number of aromatic nitrogens is 3. The number of H-pyrrole nitrogens is 1. The summed E-state index contributed by atoms with van der Waals surface area (Å²) in [6, 6.07) is 5.43. The smallest absolute Gasteiger partial charge is 0.275 e. The Morgan fingerprint density at radius 1 is 1.38 bits per heavy atom. The second-order valence-electron chi connectivity index (χ2n) is 3.68. The van der Waals surface area contributed by atoms with E-state index in [1.165, 1.54) is 4.68 Å². The maximum Gasteiger partial charge on any atom is 0.275 e. The number of fused-ring (bicyclic) bond motifs is 3. The zero-order chi connectivity index (χ0) is 11.3. The van der Waals surface area contributed by atoms with Gasteiger partial charge in [0, 0.05) is 23.7 Å². The summed E-state index contributed by atoms with van der Waals surface area (Å²) < 4.78 is 1.44. The molecule has 16 heavy (non-hydrogen) atoms. The number of benzene rings is 1. The van der Waals surface area contributed by atoms with Gasteiger partial charge < -0.3 is 0 Å². The van der Waals surface area contributed by atoms with Crippen LogP contribution in [0.25, 0.3) is 21.8 Å². The van der Waals surface area contributed by atoms with Crippen LogP contribution in [0.3, 0.4) is 0 Å². The van der Waals surface area contributed by atoms with Crippen molar-refractivity contribution in [3.05, 3.63) is 39.8 Å². The highest BCUT2D eigenvalue weighted by Crippen LogP contribution is 2.22. The second-order valence-corrected chi connectivity index (χ2v) is 4.12. The highest BCUT2D eigenvalue weighted by Gasteiger charge is 2.08. The summed E-state index contributed by atoms with van der Waals surface area (Å²) in [5.74, 6) is 0. The zero-order valence-electron chi connectivity index (χ0n) is 8.49. The maximum absolute atomic E-state index is 11.7. The molecule has 3 aromatic rings. The largest absolute Gasteiger partial charge is 0.294 e. The maximum atomic E-state index is 11.7. The Morgan fingerprint density at radius 3 is 3.00 bits per heavy atom. The van der Waals surface area contributed by atoms with Gasteiger partial charge in [-0.15, -0.1) is 0 Å².